The minimum atomic E-state index is -5.81. The van der Waals surface area contributed by atoms with E-state index in [0.717, 1.165) is 6.07 Å². The van der Waals surface area contributed by atoms with Crippen LogP contribution in [-0.2, 0) is 12.5 Å². The van der Waals surface area contributed by atoms with Gasteiger partial charge in [0.2, 0.25) is 0 Å². The molecule has 1 atom stereocenters. The lowest BCUT2D eigenvalue weighted by Gasteiger charge is -2.28. The van der Waals surface area contributed by atoms with Gasteiger partial charge in [-0.15, -0.1) is 0 Å². The highest BCUT2D eigenvalue weighted by Gasteiger charge is 2.61. The second-order valence-electron chi connectivity index (χ2n) is 5.43. The summed E-state index contributed by atoms with van der Waals surface area (Å²) in [6, 6.07) is -2.93. The molecule has 1 aliphatic rings. The molecule has 0 bridgehead atoms. The van der Waals surface area contributed by atoms with Crippen molar-refractivity contribution < 1.29 is 27.1 Å². The number of nitrogens with zero attached hydrogens (tertiary/aromatic N) is 1. The van der Waals surface area contributed by atoms with Crippen LogP contribution in [0.4, 0.5) is 22.0 Å². The fourth-order valence-corrected chi connectivity index (χ4v) is 3.34. The zero-order valence-corrected chi connectivity index (χ0v) is 12.9. The zero-order chi connectivity index (χ0) is 17.2. The molecule has 1 aromatic carbocycles. The number of rotatable bonds is 1. The van der Waals surface area contributed by atoms with Gasteiger partial charge in [0.25, 0.3) is 0 Å². The van der Waals surface area contributed by atoms with Gasteiger partial charge in [-0.1, -0.05) is 23.2 Å². The molecule has 9 heteroatoms. The van der Waals surface area contributed by atoms with Gasteiger partial charge in [0.05, 0.1) is 27.4 Å². The van der Waals surface area contributed by atoms with Crippen molar-refractivity contribution in [1.82, 2.24) is 4.57 Å². The van der Waals surface area contributed by atoms with Gasteiger partial charge in [0.15, 0.2) is 0 Å². The van der Waals surface area contributed by atoms with E-state index in [1.54, 1.807) is 0 Å². The topological polar surface area (TPSA) is 25.2 Å². The molecule has 0 saturated heterocycles. The summed E-state index contributed by atoms with van der Waals surface area (Å²) in [5.74, 6) is 0. The van der Waals surface area contributed by atoms with Crippen molar-refractivity contribution in [2.45, 2.75) is 37.6 Å². The first-order valence-electron chi connectivity index (χ1n) is 6.71. The molecule has 126 valence electrons. The summed E-state index contributed by atoms with van der Waals surface area (Å²) in [4.78, 5) is 0. The summed E-state index contributed by atoms with van der Waals surface area (Å²) in [6.45, 7) is 0. The van der Waals surface area contributed by atoms with Crippen molar-refractivity contribution in [3.63, 3.8) is 0 Å². The molecule has 1 unspecified atom stereocenters. The third-order valence-electron chi connectivity index (χ3n) is 4.00. The molecule has 0 radical (unpaired) electrons. The number of halogens is 7. The number of aliphatic hydroxyl groups excluding tert-OH is 1. The van der Waals surface area contributed by atoms with E-state index < -0.39 is 29.5 Å². The standard InChI is InChI=1S/C14H10Cl2F5NO/c15-8-4-7-6-2-1-3-11(23)12(6)22(10(7)5-9(8)16)14(20,21)13(17,18)19/h4-5,11,23H,1-3H2. The molecule has 2 nitrogen and oxygen atoms in total. The first kappa shape index (κ1) is 16.8. The Morgan fingerprint density at radius 2 is 1.70 bits per heavy atom. The maximum Gasteiger partial charge on any atom is 0.475 e. The number of aromatic nitrogens is 1. The highest BCUT2D eigenvalue weighted by Crippen LogP contribution is 2.48. The van der Waals surface area contributed by atoms with E-state index in [9.17, 15) is 27.1 Å². The van der Waals surface area contributed by atoms with Gasteiger partial charge in [-0.05, 0) is 37.0 Å². The van der Waals surface area contributed by atoms with Crippen molar-refractivity contribution in [2.75, 3.05) is 0 Å². The number of hydrogen-bond donors (Lipinski definition) is 1. The molecule has 0 amide bonds. The van der Waals surface area contributed by atoms with Crippen LogP contribution in [0.15, 0.2) is 12.1 Å². The van der Waals surface area contributed by atoms with Crippen LogP contribution in [0.1, 0.15) is 30.2 Å². The lowest BCUT2D eigenvalue weighted by Crippen LogP contribution is -2.41. The van der Waals surface area contributed by atoms with Crippen LogP contribution in [0, 0.1) is 0 Å². The molecule has 23 heavy (non-hydrogen) atoms. The van der Waals surface area contributed by atoms with Gasteiger partial charge in [0, 0.05) is 5.39 Å². The molecule has 0 fully saturated rings. The molecule has 3 rings (SSSR count). The largest absolute Gasteiger partial charge is 0.475 e. The van der Waals surface area contributed by atoms with Gasteiger partial charge in [-0.3, -0.25) is 4.57 Å². The van der Waals surface area contributed by atoms with E-state index in [0.29, 0.717) is 6.42 Å². The van der Waals surface area contributed by atoms with Crippen molar-refractivity contribution >= 4 is 34.1 Å². The van der Waals surface area contributed by atoms with Crippen LogP contribution in [0.5, 0.6) is 0 Å². The first-order valence-corrected chi connectivity index (χ1v) is 7.46. The third-order valence-corrected chi connectivity index (χ3v) is 4.72. The molecule has 1 N–H and O–H groups in total. The van der Waals surface area contributed by atoms with Gasteiger partial charge in [-0.25, -0.2) is 0 Å². The van der Waals surface area contributed by atoms with Crippen LogP contribution in [-0.4, -0.2) is 15.8 Å². The molecule has 1 aliphatic carbocycles. The number of alkyl halides is 5. The Balaban J connectivity index is 2.45. The summed E-state index contributed by atoms with van der Waals surface area (Å²) in [5, 5.41) is 10.1. The second-order valence-corrected chi connectivity index (χ2v) is 6.24. The van der Waals surface area contributed by atoms with Crippen LogP contribution < -0.4 is 0 Å². The van der Waals surface area contributed by atoms with Crippen molar-refractivity contribution in [3.8, 4) is 0 Å². The average molecular weight is 374 g/mol. The van der Waals surface area contributed by atoms with E-state index in [1.807, 2.05) is 0 Å². The van der Waals surface area contributed by atoms with E-state index in [2.05, 4.69) is 0 Å². The predicted octanol–water partition coefficient (Wildman–Crippen LogP) is 5.43. The fraction of sp³-hybridized carbons (Fsp3) is 0.429. The SMILES string of the molecule is OC1CCCc2c1n(C(F)(F)C(F)(F)F)c1cc(Cl)c(Cl)cc21. The highest BCUT2D eigenvalue weighted by atomic mass is 35.5. The van der Waals surface area contributed by atoms with Crippen LogP contribution >= 0.6 is 23.2 Å². The summed E-state index contributed by atoms with van der Waals surface area (Å²) in [5.41, 5.74) is -0.569. The Kier molecular flexibility index (Phi) is 3.82. The number of aliphatic hydroxyl groups is 1. The highest BCUT2D eigenvalue weighted by molar-refractivity contribution is 6.42. The predicted molar refractivity (Wildman–Crippen MR) is 76.1 cm³/mol. The quantitative estimate of drug-likeness (QED) is 0.662. The number of hydrogen-bond acceptors (Lipinski definition) is 1. The Bertz CT molecular complexity index is 784. The van der Waals surface area contributed by atoms with Crippen LogP contribution in [0.2, 0.25) is 10.0 Å². The minimum Gasteiger partial charge on any atom is -0.387 e. The second kappa shape index (κ2) is 5.22. The van der Waals surface area contributed by atoms with Gasteiger partial charge >= 0.3 is 12.2 Å². The van der Waals surface area contributed by atoms with Gasteiger partial charge in [0.1, 0.15) is 0 Å². The Hall–Kier alpha value is -1.05. The lowest BCUT2D eigenvalue weighted by molar-refractivity contribution is -0.323. The van der Waals surface area contributed by atoms with Crippen molar-refractivity contribution in [1.29, 1.82) is 0 Å². The third kappa shape index (κ3) is 2.40. The lowest BCUT2D eigenvalue weighted by atomic mass is 9.93. The van der Waals surface area contributed by atoms with Crippen LogP contribution in [0.25, 0.3) is 10.9 Å². The van der Waals surface area contributed by atoms with Crippen LogP contribution in [0.3, 0.4) is 0 Å². The molecule has 0 spiro atoms. The summed E-state index contributed by atoms with van der Waals surface area (Å²) < 4.78 is 66.7. The van der Waals surface area contributed by atoms with E-state index >= 15 is 0 Å². The van der Waals surface area contributed by atoms with Crippen molar-refractivity contribution in [3.05, 3.63) is 33.4 Å². The normalized spacial score (nSPS) is 19.2. The Morgan fingerprint density at radius 3 is 2.30 bits per heavy atom. The van der Waals surface area contributed by atoms with Crippen molar-refractivity contribution in [2.24, 2.45) is 0 Å². The maximum absolute atomic E-state index is 14.1. The van der Waals surface area contributed by atoms with Gasteiger partial charge < -0.3 is 5.11 Å². The van der Waals surface area contributed by atoms with Gasteiger partial charge in [-0.2, -0.15) is 22.0 Å². The number of benzene rings is 1. The Labute approximate surface area is 137 Å². The number of aryl methyl sites for hydroxylation is 1. The van der Waals surface area contributed by atoms with E-state index in [-0.39, 0.29) is 38.4 Å². The summed E-state index contributed by atoms with van der Waals surface area (Å²) >= 11 is 11.7. The maximum atomic E-state index is 14.1. The fourth-order valence-electron chi connectivity index (χ4n) is 3.02. The molecular weight excluding hydrogens is 364 g/mol. The smallest absolute Gasteiger partial charge is 0.387 e. The molecule has 2 aromatic rings. The van der Waals surface area contributed by atoms with E-state index in [1.165, 1.54) is 6.07 Å². The van der Waals surface area contributed by atoms with E-state index in [4.69, 9.17) is 23.2 Å². The molecule has 0 aliphatic heterocycles. The average Bonchev–Trinajstić information content (AvgIpc) is 2.74. The number of fused-ring (bicyclic) bond motifs is 3. The Morgan fingerprint density at radius 1 is 1.09 bits per heavy atom. The molecule has 0 saturated carbocycles. The molecule has 1 aromatic heterocycles. The monoisotopic (exact) mass is 373 g/mol. The zero-order valence-electron chi connectivity index (χ0n) is 11.4. The first-order chi connectivity index (χ1) is 10.6. The minimum absolute atomic E-state index is 0.0505. The molecular formula is C14H10Cl2F5NO. The molecule has 1 heterocycles. The summed E-state index contributed by atoms with van der Waals surface area (Å²) in [6.07, 6.45) is -6.35. The summed E-state index contributed by atoms with van der Waals surface area (Å²) in [7, 11) is 0.